The van der Waals surface area contributed by atoms with Crippen LogP contribution in [0.25, 0.3) is 16.9 Å². The Morgan fingerprint density at radius 1 is 1.16 bits per heavy atom. The van der Waals surface area contributed by atoms with E-state index in [1.165, 1.54) is 10.9 Å². The highest BCUT2D eigenvalue weighted by atomic mass is 19.3. The molecule has 10 heteroatoms. The zero-order chi connectivity index (χ0) is 23.0. The Labute approximate surface area is 182 Å². The molecule has 0 aliphatic carbocycles. The number of aromatic nitrogens is 4. The Morgan fingerprint density at radius 3 is 2.62 bits per heavy atom. The highest BCUT2D eigenvalue weighted by molar-refractivity contribution is 5.96. The summed E-state index contributed by atoms with van der Waals surface area (Å²) in [5.41, 5.74) is 8.92. The Bertz CT molecular complexity index is 1290. The number of nitrogens with two attached hydrogens (primary N) is 1. The first-order valence-electron chi connectivity index (χ1n) is 10.0. The zero-order valence-electron chi connectivity index (χ0n) is 17.7. The molecule has 1 amide bonds. The number of fused-ring (bicyclic) bond motifs is 1. The molecule has 4 rings (SSSR count). The van der Waals surface area contributed by atoms with Crippen LogP contribution >= 0.6 is 0 Å². The maximum Gasteiger partial charge on any atom is 0.351 e. The minimum Gasteiger partial charge on any atom is -0.327 e. The molecule has 0 radical (unpaired) electrons. The SMILES string of the molecule is Cc1cc(-c2ccc3c(c2)CCC(=O)N3C)cnc1-n1cnn(CC(CN)=C(F)F)c1=O. The van der Waals surface area contributed by atoms with Gasteiger partial charge in [-0.3, -0.25) is 4.79 Å². The summed E-state index contributed by atoms with van der Waals surface area (Å²) >= 11 is 0. The molecule has 0 bridgehead atoms. The van der Waals surface area contributed by atoms with Crippen molar-refractivity contribution in [2.45, 2.75) is 26.3 Å². The monoisotopic (exact) mass is 440 g/mol. The van der Waals surface area contributed by atoms with E-state index in [-0.39, 0.29) is 24.6 Å². The molecule has 32 heavy (non-hydrogen) atoms. The van der Waals surface area contributed by atoms with Gasteiger partial charge in [0.05, 0.1) is 6.54 Å². The van der Waals surface area contributed by atoms with Gasteiger partial charge in [-0.05, 0) is 48.2 Å². The molecule has 1 aliphatic rings. The van der Waals surface area contributed by atoms with Gasteiger partial charge >= 0.3 is 5.69 Å². The van der Waals surface area contributed by atoms with Crippen LogP contribution in [-0.4, -0.2) is 38.8 Å². The second-order valence-corrected chi connectivity index (χ2v) is 7.67. The Kier molecular flexibility index (Phi) is 5.70. The van der Waals surface area contributed by atoms with Crippen LogP contribution in [0, 0.1) is 6.92 Å². The molecule has 166 valence electrons. The molecule has 3 aromatic rings. The number of halogens is 2. The number of nitrogens with zero attached hydrogens (tertiary/aromatic N) is 5. The van der Waals surface area contributed by atoms with Gasteiger partial charge in [0.1, 0.15) is 12.1 Å². The smallest absolute Gasteiger partial charge is 0.327 e. The van der Waals surface area contributed by atoms with Gasteiger partial charge in [-0.2, -0.15) is 13.9 Å². The summed E-state index contributed by atoms with van der Waals surface area (Å²) in [5.74, 6) is 0.466. The van der Waals surface area contributed by atoms with E-state index < -0.39 is 11.8 Å². The van der Waals surface area contributed by atoms with Gasteiger partial charge in [-0.1, -0.05) is 6.07 Å². The Morgan fingerprint density at radius 2 is 1.94 bits per heavy atom. The fourth-order valence-corrected chi connectivity index (χ4v) is 3.79. The maximum atomic E-state index is 12.9. The van der Waals surface area contributed by atoms with Crippen LogP contribution in [0.1, 0.15) is 17.5 Å². The van der Waals surface area contributed by atoms with Crippen LogP contribution in [-0.2, 0) is 17.8 Å². The van der Waals surface area contributed by atoms with Crippen LogP contribution in [0.15, 0.2) is 53.2 Å². The topological polar surface area (TPSA) is 99.0 Å². The average molecular weight is 440 g/mol. The minimum atomic E-state index is -1.91. The molecule has 0 fully saturated rings. The lowest BCUT2D eigenvalue weighted by Gasteiger charge is -2.26. The molecular weight excluding hydrogens is 418 g/mol. The van der Waals surface area contributed by atoms with E-state index in [1.807, 2.05) is 31.2 Å². The lowest BCUT2D eigenvalue weighted by molar-refractivity contribution is -0.118. The van der Waals surface area contributed by atoms with Gasteiger partial charge in [0, 0.05) is 43.0 Å². The summed E-state index contributed by atoms with van der Waals surface area (Å²) in [6, 6.07) is 7.80. The number of anilines is 1. The van der Waals surface area contributed by atoms with Crippen LogP contribution in [0.2, 0.25) is 0 Å². The van der Waals surface area contributed by atoms with Crippen molar-refractivity contribution >= 4 is 11.6 Å². The van der Waals surface area contributed by atoms with E-state index in [2.05, 4.69) is 10.1 Å². The van der Waals surface area contributed by atoms with Crippen molar-refractivity contribution in [3.63, 3.8) is 0 Å². The van der Waals surface area contributed by atoms with Crippen LogP contribution in [0.5, 0.6) is 0 Å². The minimum absolute atomic E-state index is 0.0985. The van der Waals surface area contributed by atoms with Crippen molar-refractivity contribution in [1.29, 1.82) is 0 Å². The number of carbonyl (C=O) groups is 1. The number of pyridine rings is 1. The third kappa shape index (κ3) is 3.84. The Hall–Kier alpha value is -3.66. The first-order chi connectivity index (χ1) is 15.3. The molecule has 1 aliphatic heterocycles. The summed E-state index contributed by atoms with van der Waals surface area (Å²) < 4.78 is 27.9. The van der Waals surface area contributed by atoms with E-state index in [0.717, 1.165) is 32.6 Å². The number of benzene rings is 1. The standard InChI is InChI=1S/C22H22F2N6O2/c1-13-7-16(14-3-5-18-15(8-14)4-6-19(31)28(18)2)10-26-21(13)29-12-27-30(22(29)32)11-17(9-25)20(23)24/h3,5,7-8,10,12H,4,6,9,11,25H2,1-2H3. The first-order valence-corrected chi connectivity index (χ1v) is 10.0. The maximum absolute atomic E-state index is 12.9. The molecule has 0 spiro atoms. The molecule has 0 saturated carbocycles. The Balaban J connectivity index is 1.65. The van der Waals surface area contributed by atoms with Crippen LogP contribution < -0.4 is 16.3 Å². The van der Waals surface area contributed by atoms with Crippen molar-refractivity contribution in [3.8, 4) is 16.9 Å². The third-order valence-electron chi connectivity index (χ3n) is 5.62. The average Bonchev–Trinajstić information content (AvgIpc) is 3.14. The molecule has 0 saturated heterocycles. The predicted octanol–water partition coefficient (Wildman–Crippen LogP) is 2.42. The summed E-state index contributed by atoms with van der Waals surface area (Å²) in [6.07, 6.45) is 2.16. The van der Waals surface area contributed by atoms with E-state index >= 15 is 0 Å². The summed E-state index contributed by atoms with van der Waals surface area (Å²) in [5, 5.41) is 3.92. The van der Waals surface area contributed by atoms with Gasteiger partial charge in [-0.25, -0.2) is 19.0 Å². The molecule has 3 heterocycles. The number of hydrogen-bond donors (Lipinski definition) is 1. The van der Waals surface area contributed by atoms with Gasteiger partial charge in [-0.15, -0.1) is 0 Å². The first kappa shape index (κ1) is 21.6. The lowest BCUT2D eigenvalue weighted by atomic mass is 9.96. The summed E-state index contributed by atoms with van der Waals surface area (Å²) in [6.45, 7) is 1.07. The number of carbonyl (C=O) groups excluding carboxylic acids is 1. The highest BCUT2D eigenvalue weighted by Crippen LogP contribution is 2.31. The van der Waals surface area contributed by atoms with Crippen molar-refractivity contribution < 1.29 is 13.6 Å². The number of amides is 1. The second kappa shape index (κ2) is 8.46. The summed E-state index contributed by atoms with van der Waals surface area (Å²) in [7, 11) is 1.77. The molecular formula is C22H22F2N6O2. The van der Waals surface area contributed by atoms with Crippen LogP contribution in [0.4, 0.5) is 14.5 Å². The fraction of sp³-hybridized carbons (Fsp3) is 0.273. The normalized spacial score (nSPS) is 13.3. The number of hydrogen-bond acceptors (Lipinski definition) is 5. The predicted molar refractivity (Wildman–Crippen MR) is 116 cm³/mol. The van der Waals surface area contributed by atoms with Crippen LogP contribution in [0.3, 0.4) is 0 Å². The zero-order valence-corrected chi connectivity index (χ0v) is 17.7. The van der Waals surface area contributed by atoms with E-state index in [0.29, 0.717) is 18.7 Å². The van der Waals surface area contributed by atoms with Crippen molar-refractivity contribution in [1.82, 2.24) is 19.3 Å². The van der Waals surface area contributed by atoms with Crippen molar-refractivity contribution in [2.24, 2.45) is 5.73 Å². The number of aryl methyl sites for hydroxylation is 2. The van der Waals surface area contributed by atoms with Gasteiger partial charge < -0.3 is 10.6 Å². The third-order valence-corrected chi connectivity index (χ3v) is 5.62. The van der Waals surface area contributed by atoms with Gasteiger partial charge in [0.2, 0.25) is 5.91 Å². The molecule has 2 aromatic heterocycles. The fourth-order valence-electron chi connectivity index (χ4n) is 3.79. The van der Waals surface area contributed by atoms with Crippen molar-refractivity contribution in [3.05, 3.63) is 70.1 Å². The number of rotatable bonds is 5. The molecule has 0 unspecified atom stereocenters. The molecule has 0 atom stereocenters. The van der Waals surface area contributed by atoms with Crippen molar-refractivity contribution in [2.75, 3.05) is 18.5 Å². The quantitative estimate of drug-likeness (QED) is 0.657. The lowest BCUT2D eigenvalue weighted by Crippen LogP contribution is -2.30. The molecule has 8 nitrogen and oxygen atoms in total. The summed E-state index contributed by atoms with van der Waals surface area (Å²) in [4.78, 5) is 30.7. The van der Waals surface area contributed by atoms with E-state index in [1.54, 1.807) is 18.1 Å². The van der Waals surface area contributed by atoms with Gasteiger partial charge in [0.15, 0.2) is 0 Å². The second-order valence-electron chi connectivity index (χ2n) is 7.67. The van der Waals surface area contributed by atoms with E-state index in [9.17, 15) is 18.4 Å². The van der Waals surface area contributed by atoms with Gasteiger partial charge in [0.25, 0.3) is 6.08 Å². The molecule has 1 aromatic carbocycles. The van der Waals surface area contributed by atoms with E-state index in [4.69, 9.17) is 5.73 Å². The largest absolute Gasteiger partial charge is 0.351 e. The molecule has 2 N–H and O–H groups in total. The highest BCUT2D eigenvalue weighted by Gasteiger charge is 2.21.